The number of ether oxygens (including phenoxy) is 1. The van der Waals surface area contributed by atoms with Gasteiger partial charge < -0.3 is 15.4 Å². The zero-order chi connectivity index (χ0) is 24.5. The number of nitrogen functional groups attached to an aromatic ring is 1. The molecule has 1 aromatic heterocycles. The zero-order valence-corrected chi connectivity index (χ0v) is 20.7. The molecule has 2 N–H and O–H groups in total. The molecule has 2 unspecified atom stereocenters. The SMILES string of the molecule is CC1OC(c2nn(-c3ccc(Br)cc3)cc2-c2ccc(F)cc2)N(CCc2ccc(N)cc2)C1=O. The van der Waals surface area contributed by atoms with Crippen molar-refractivity contribution in [2.75, 3.05) is 12.3 Å². The molecule has 1 amide bonds. The van der Waals surface area contributed by atoms with Crippen molar-refractivity contribution in [3.63, 3.8) is 0 Å². The maximum absolute atomic E-state index is 13.7. The van der Waals surface area contributed by atoms with Gasteiger partial charge in [-0.25, -0.2) is 9.07 Å². The number of anilines is 1. The van der Waals surface area contributed by atoms with Crippen molar-refractivity contribution in [3.05, 3.63) is 101 Å². The first-order valence-corrected chi connectivity index (χ1v) is 12.1. The average molecular weight is 535 g/mol. The monoisotopic (exact) mass is 534 g/mol. The van der Waals surface area contributed by atoms with Gasteiger partial charge >= 0.3 is 0 Å². The van der Waals surface area contributed by atoms with Crippen molar-refractivity contribution >= 4 is 27.5 Å². The van der Waals surface area contributed by atoms with E-state index in [9.17, 15) is 9.18 Å². The van der Waals surface area contributed by atoms with E-state index < -0.39 is 12.3 Å². The smallest absolute Gasteiger partial charge is 0.253 e. The van der Waals surface area contributed by atoms with E-state index in [4.69, 9.17) is 15.6 Å². The minimum absolute atomic E-state index is 0.0892. The number of nitrogens with two attached hydrogens (primary N) is 1. The number of aromatic nitrogens is 2. The molecule has 5 rings (SSSR count). The summed E-state index contributed by atoms with van der Waals surface area (Å²) in [6.45, 7) is 2.22. The molecule has 6 nitrogen and oxygen atoms in total. The minimum atomic E-state index is -0.664. The summed E-state index contributed by atoms with van der Waals surface area (Å²) in [4.78, 5) is 14.8. The number of amides is 1. The summed E-state index contributed by atoms with van der Waals surface area (Å²) < 4.78 is 22.5. The molecule has 0 radical (unpaired) electrons. The molecule has 0 aliphatic carbocycles. The Labute approximate surface area is 211 Å². The molecule has 8 heteroatoms. The highest BCUT2D eigenvalue weighted by atomic mass is 79.9. The summed E-state index contributed by atoms with van der Waals surface area (Å²) in [5, 5.41) is 4.85. The third kappa shape index (κ3) is 4.85. The van der Waals surface area contributed by atoms with Gasteiger partial charge in [0.25, 0.3) is 5.91 Å². The zero-order valence-electron chi connectivity index (χ0n) is 19.1. The van der Waals surface area contributed by atoms with E-state index in [1.54, 1.807) is 28.6 Å². The van der Waals surface area contributed by atoms with Crippen LogP contribution in [0.15, 0.2) is 83.5 Å². The van der Waals surface area contributed by atoms with Crippen LogP contribution in [-0.2, 0) is 16.0 Å². The predicted octanol–water partition coefficient (Wildman–Crippen LogP) is 5.51. The van der Waals surface area contributed by atoms with Gasteiger partial charge in [-0.05, 0) is 73.0 Å². The van der Waals surface area contributed by atoms with Crippen molar-refractivity contribution < 1.29 is 13.9 Å². The van der Waals surface area contributed by atoms with E-state index in [0.717, 1.165) is 26.9 Å². The Hall–Kier alpha value is -3.49. The third-order valence-corrected chi connectivity index (χ3v) is 6.62. The number of hydrogen-bond donors (Lipinski definition) is 1. The van der Waals surface area contributed by atoms with Gasteiger partial charge in [0.15, 0.2) is 6.23 Å². The van der Waals surface area contributed by atoms with Gasteiger partial charge in [0, 0.05) is 28.5 Å². The van der Waals surface area contributed by atoms with Gasteiger partial charge in [-0.3, -0.25) is 4.79 Å². The molecule has 2 heterocycles. The molecule has 1 saturated heterocycles. The number of benzene rings is 3. The second-order valence-electron chi connectivity index (χ2n) is 8.51. The highest BCUT2D eigenvalue weighted by Crippen LogP contribution is 2.37. The van der Waals surface area contributed by atoms with Crippen molar-refractivity contribution in [1.82, 2.24) is 14.7 Å². The van der Waals surface area contributed by atoms with Gasteiger partial charge in [-0.1, -0.05) is 40.2 Å². The maximum Gasteiger partial charge on any atom is 0.253 e. The van der Waals surface area contributed by atoms with Crippen molar-refractivity contribution in [2.24, 2.45) is 0 Å². The molecule has 35 heavy (non-hydrogen) atoms. The Kier molecular flexibility index (Phi) is 6.40. The van der Waals surface area contributed by atoms with Gasteiger partial charge in [0.2, 0.25) is 0 Å². The van der Waals surface area contributed by atoms with Crippen molar-refractivity contribution in [1.29, 1.82) is 0 Å². The Balaban J connectivity index is 1.53. The predicted molar refractivity (Wildman–Crippen MR) is 136 cm³/mol. The minimum Gasteiger partial charge on any atom is -0.399 e. The molecule has 1 aliphatic rings. The quantitative estimate of drug-likeness (QED) is 0.331. The largest absolute Gasteiger partial charge is 0.399 e. The normalized spacial score (nSPS) is 17.8. The number of hydrogen-bond acceptors (Lipinski definition) is 4. The number of carbonyl (C=O) groups is 1. The third-order valence-electron chi connectivity index (χ3n) is 6.09. The number of nitrogens with zero attached hydrogens (tertiary/aromatic N) is 3. The van der Waals surface area contributed by atoms with Crippen LogP contribution < -0.4 is 5.73 Å². The van der Waals surface area contributed by atoms with Crippen LogP contribution in [0, 0.1) is 5.82 Å². The molecule has 0 bridgehead atoms. The van der Waals surface area contributed by atoms with E-state index in [-0.39, 0.29) is 11.7 Å². The van der Waals surface area contributed by atoms with Gasteiger partial charge in [-0.15, -0.1) is 0 Å². The lowest BCUT2D eigenvalue weighted by atomic mass is 10.1. The first kappa shape index (κ1) is 23.3. The van der Waals surface area contributed by atoms with E-state index in [0.29, 0.717) is 24.3 Å². The molecule has 1 fully saturated rings. The molecule has 4 aromatic rings. The first-order chi connectivity index (χ1) is 16.9. The summed E-state index contributed by atoms with van der Waals surface area (Å²) in [7, 11) is 0. The molecule has 0 saturated carbocycles. The summed E-state index contributed by atoms with van der Waals surface area (Å²) >= 11 is 3.46. The number of rotatable bonds is 6. The number of carbonyl (C=O) groups excluding carboxylic acids is 1. The fourth-order valence-corrected chi connectivity index (χ4v) is 4.46. The second-order valence-corrected chi connectivity index (χ2v) is 9.43. The van der Waals surface area contributed by atoms with E-state index in [1.165, 1.54) is 12.1 Å². The highest BCUT2D eigenvalue weighted by molar-refractivity contribution is 9.10. The van der Waals surface area contributed by atoms with Crippen LogP contribution in [0.3, 0.4) is 0 Å². The Morgan fingerprint density at radius 1 is 1.03 bits per heavy atom. The fourth-order valence-electron chi connectivity index (χ4n) is 4.20. The summed E-state index contributed by atoms with van der Waals surface area (Å²) in [6.07, 6.45) is 1.28. The molecular formula is C27H24BrFN4O2. The van der Waals surface area contributed by atoms with E-state index in [2.05, 4.69) is 15.9 Å². The van der Waals surface area contributed by atoms with Gasteiger partial charge in [0.05, 0.1) is 5.69 Å². The van der Waals surface area contributed by atoms with Gasteiger partial charge in [0.1, 0.15) is 17.6 Å². The summed E-state index contributed by atoms with van der Waals surface area (Å²) in [5.41, 5.74) is 10.6. The maximum atomic E-state index is 13.7. The Bertz CT molecular complexity index is 1340. The lowest BCUT2D eigenvalue weighted by Crippen LogP contribution is -2.32. The summed E-state index contributed by atoms with van der Waals surface area (Å²) in [6, 6.07) is 21.6. The van der Waals surface area contributed by atoms with Crippen LogP contribution in [-0.4, -0.2) is 33.2 Å². The van der Waals surface area contributed by atoms with Gasteiger partial charge in [-0.2, -0.15) is 5.10 Å². The topological polar surface area (TPSA) is 73.4 Å². The molecule has 3 aromatic carbocycles. The fraction of sp³-hybridized carbons (Fsp3) is 0.185. The summed E-state index contributed by atoms with van der Waals surface area (Å²) in [5.74, 6) is -0.407. The first-order valence-electron chi connectivity index (χ1n) is 11.3. The molecule has 2 atom stereocenters. The standard InChI is InChI=1S/C27H24BrFN4O2/c1-17-26(34)32(15-14-18-2-10-22(30)11-3-18)27(35-17)25-24(19-4-8-21(29)9-5-19)16-33(31-25)23-12-6-20(28)7-13-23/h2-13,16-17,27H,14-15,30H2,1H3. The lowest BCUT2D eigenvalue weighted by molar-refractivity contribution is -0.130. The second kappa shape index (κ2) is 9.64. The van der Waals surface area contributed by atoms with E-state index in [1.807, 2.05) is 54.7 Å². The van der Waals surface area contributed by atoms with Crippen molar-refractivity contribution in [2.45, 2.75) is 25.7 Å². The number of halogens is 2. The van der Waals surface area contributed by atoms with Crippen LogP contribution >= 0.6 is 15.9 Å². The molecule has 178 valence electrons. The van der Waals surface area contributed by atoms with Crippen LogP contribution in [0.5, 0.6) is 0 Å². The van der Waals surface area contributed by atoms with Crippen molar-refractivity contribution in [3.8, 4) is 16.8 Å². The van der Waals surface area contributed by atoms with Crippen LogP contribution in [0.4, 0.5) is 10.1 Å². The highest BCUT2D eigenvalue weighted by Gasteiger charge is 2.41. The van der Waals surface area contributed by atoms with Crippen LogP contribution in [0.2, 0.25) is 0 Å². The lowest BCUT2D eigenvalue weighted by Gasteiger charge is -2.23. The van der Waals surface area contributed by atoms with Crippen LogP contribution in [0.25, 0.3) is 16.8 Å². The van der Waals surface area contributed by atoms with E-state index >= 15 is 0 Å². The Morgan fingerprint density at radius 3 is 2.40 bits per heavy atom. The average Bonchev–Trinajstić information content (AvgIpc) is 3.41. The van der Waals surface area contributed by atoms with Crippen LogP contribution in [0.1, 0.15) is 24.4 Å². The molecular weight excluding hydrogens is 511 g/mol. The molecule has 1 aliphatic heterocycles. The molecule has 0 spiro atoms. The Morgan fingerprint density at radius 2 is 1.71 bits per heavy atom.